The number of rotatable bonds is 6. The van der Waals surface area contributed by atoms with E-state index in [2.05, 4.69) is 4.98 Å². The molecule has 2 heterocycles. The first-order chi connectivity index (χ1) is 7.95. The maximum atomic E-state index is 5.24. The summed E-state index contributed by atoms with van der Waals surface area (Å²) in [6.07, 6.45) is 3.54. The zero-order chi connectivity index (χ0) is 11.1. The van der Waals surface area contributed by atoms with Gasteiger partial charge in [0.05, 0.1) is 17.7 Å². The Kier molecular flexibility index (Phi) is 5.18. The van der Waals surface area contributed by atoms with Crippen LogP contribution < -0.4 is 0 Å². The van der Waals surface area contributed by atoms with Gasteiger partial charge in [0.15, 0.2) is 0 Å². The first kappa shape index (κ1) is 12.0. The van der Waals surface area contributed by atoms with Gasteiger partial charge in [0.1, 0.15) is 5.76 Å². The van der Waals surface area contributed by atoms with Gasteiger partial charge in [0.2, 0.25) is 0 Å². The molecule has 0 aliphatic carbocycles. The van der Waals surface area contributed by atoms with Crippen molar-refractivity contribution in [1.82, 2.24) is 4.98 Å². The van der Waals surface area contributed by atoms with Crippen LogP contribution in [0.3, 0.4) is 0 Å². The summed E-state index contributed by atoms with van der Waals surface area (Å²) in [6, 6.07) is 9.92. The fraction of sp³-hybridized carbons (Fsp3) is 0.182. The molecule has 0 saturated carbocycles. The Hall–Kier alpha value is -0.520. The number of pyridine rings is 1. The van der Waals surface area contributed by atoms with E-state index in [9.17, 15) is 0 Å². The summed E-state index contributed by atoms with van der Waals surface area (Å²) in [4.78, 5) is 4.26. The maximum absolute atomic E-state index is 5.24. The molecule has 84 valence electrons. The third-order valence-electron chi connectivity index (χ3n) is 1.81. The number of hydrogen-bond acceptors (Lipinski definition) is 5. The predicted octanol–water partition coefficient (Wildman–Crippen LogP) is 4.40. The summed E-state index contributed by atoms with van der Waals surface area (Å²) < 4.78 is 5.24. The molecule has 0 aliphatic heterocycles. The zero-order valence-electron chi connectivity index (χ0n) is 8.54. The van der Waals surface area contributed by atoms with Crippen LogP contribution in [-0.2, 0) is 11.5 Å². The Morgan fingerprint density at radius 1 is 1.06 bits per heavy atom. The molecule has 2 nitrogen and oxygen atoms in total. The van der Waals surface area contributed by atoms with Gasteiger partial charge >= 0.3 is 0 Å². The van der Waals surface area contributed by atoms with Crippen LogP contribution in [0.5, 0.6) is 0 Å². The second kappa shape index (κ2) is 6.93. The van der Waals surface area contributed by atoms with Crippen LogP contribution in [-0.4, -0.2) is 4.98 Å². The SMILES string of the molecule is c1ccc(CSSSCc2ccco2)nc1. The third kappa shape index (κ3) is 4.15. The summed E-state index contributed by atoms with van der Waals surface area (Å²) in [5, 5.41) is 0. The fourth-order valence-electron chi connectivity index (χ4n) is 1.08. The topological polar surface area (TPSA) is 26.0 Å². The molecule has 0 fully saturated rings. The highest BCUT2D eigenvalue weighted by atomic mass is 33.5. The van der Waals surface area contributed by atoms with Gasteiger partial charge in [-0.3, -0.25) is 4.98 Å². The first-order valence-electron chi connectivity index (χ1n) is 4.78. The average molecular weight is 269 g/mol. The summed E-state index contributed by atoms with van der Waals surface area (Å²) >= 11 is 0. The average Bonchev–Trinajstić information content (AvgIpc) is 2.83. The fourth-order valence-corrected chi connectivity index (χ4v) is 4.50. The molecule has 2 aromatic rings. The molecule has 0 N–H and O–H groups in total. The van der Waals surface area contributed by atoms with Crippen LogP contribution in [0.4, 0.5) is 0 Å². The smallest absolute Gasteiger partial charge is 0.114 e. The maximum Gasteiger partial charge on any atom is 0.114 e. The van der Waals surface area contributed by atoms with Gasteiger partial charge in [-0.25, -0.2) is 0 Å². The molecule has 0 bridgehead atoms. The largest absolute Gasteiger partial charge is 0.468 e. The molecular formula is C11H11NOS3. The van der Waals surface area contributed by atoms with E-state index >= 15 is 0 Å². The highest BCUT2D eigenvalue weighted by molar-refractivity contribution is 9.09. The minimum Gasteiger partial charge on any atom is -0.468 e. The minimum absolute atomic E-state index is 0.910. The summed E-state index contributed by atoms with van der Waals surface area (Å²) in [5.41, 5.74) is 1.12. The molecule has 0 aliphatic rings. The molecule has 2 rings (SSSR count). The van der Waals surface area contributed by atoms with Gasteiger partial charge in [-0.1, -0.05) is 27.7 Å². The van der Waals surface area contributed by atoms with Crippen LogP contribution in [0, 0.1) is 0 Å². The van der Waals surface area contributed by atoms with Gasteiger partial charge in [-0.15, -0.1) is 0 Å². The van der Waals surface area contributed by atoms with Crippen molar-refractivity contribution in [3.05, 3.63) is 54.2 Å². The van der Waals surface area contributed by atoms with Crippen molar-refractivity contribution in [1.29, 1.82) is 0 Å². The zero-order valence-corrected chi connectivity index (χ0v) is 11.0. The normalized spacial score (nSPS) is 10.5. The Morgan fingerprint density at radius 3 is 2.75 bits per heavy atom. The molecule has 2 aromatic heterocycles. The molecule has 16 heavy (non-hydrogen) atoms. The van der Waals surface area contributed by atoms with Gasteiger partial charge in [-0.2, -0.15) is 0 Å². The lowest BCUT2D eigenvalue weighted by atomic mass is 10.4. The molecule has 0 aromatic carbocycles. The molecule has 5 heteroatoms. The molecule has 0 saturated heterocycles. The molecule has 0 atom stereocenters. The van der Waals surface area contributed by atoms with Gasteiger partial charge in [0, 0.05) is 11.9 Å². The molecule has 0 radical (unpaired) electrons. The second-order valence-corrected chi connectivity index (χ2v) is 7.22. The quantitative estimate of drug-likeness (QED) is 0.572. The van der Waals surface area contributed by atoms with E-state index in [1.807, 2.05) is 36.5 Å². The lowest BCUT2D eigenvalue weighted by Gasteiger charge is -1.99. The van der Waals surface area contributed by atoms with E-state index in [-0.39, 0.29) is 0 Å². The van der Waals surface area contributed by atoms with Gasteiger partial charge in [-0.05, 0) is 34.1 Å². The highest BCUT2D eigenvalue weighted by Gasteiger charge is 1.98. The van der Waals surface area contributed by atoms with Crippen LogP contribution in [0.25, 0.3) is 0 Å². The lowest BCUT2D eigenvalue weighted by molar-refractivity contribution is 0.530. The van der Waals surface area contributed by atoms with Crippen molar-refractivity contribution in [2.45, 2.75) is 11.5 Å². The van der Waals surface area contributed by atoms with E-state index < -0.39 is 0 Å². The summed E-state index contributed by atoms with van der Waals surface area (Å²) in [5.74, 6) is 2.87. The Labute approximate surface area is 106 Å². The van der Waals surface area contributed by atoms with E-state index in [1.54, 1.807) is 37.7 Å². The van der Waals surface area contributed by atoms with Crippen molar-refractivity contribution in [3.63, 3.8) is 0 Å². The third-order valence-corrected chi connectivity index (χ3v) is 5.84. The molecule has 0 spiro atoms. The van der Waals surface area contributed by atoms with Crippen LogP contribution in [0.2, 0.25) is 0 Å². The van der Waals surface area contributed by atoms with E-state index in [0.29, 0.717) is 0 Å². The number of aromatic nitrogens is 1. The molecule has 0 unspecified atom stereocenters. The number of nitrogens with zero attached hydrogens (tertiary/aromatic N) is 1. The Morgan fingerprint density at radius 2 is 2.00 bits per heavy atom. The van der Waals surface area contributed by atoms with Crippen molar-refractivity contribution < 1.29 is 4.42 Å². The second-order valence-electron chi connectivity index (χ2n) is 2.99. The van der Waals surface area contributed by atoms with E-state index in [4.69, 9.17) is 4.42 Å². The lowest BCUT2D eigenvalue weighted by Crippen LogP contribution is -1.81. The Balaban J connectivity index is 1.59. The molecule has 0 amide bonds. The van der Waals surface area contributed by atoms with Crippen molar-refractivity contribution in [2.24, 2.45) is 0 Å². The van der Waals surface area contributed by atoms with Crippen molar-refractivity contribution >= 4 is 31.4 Å². The van der Waals surface area contributed by atoms with Gasteiger partial charge in [0.25, 0.3) is 0 Å². The summed E-state index contributed by atoms with van der Waals surface area (Å²) in [6.45, 7) is 0. The van der Waals surface area contributed by atoms with Gasteiger partial charge < -0.3 is 4.42 Å². The molecular weight excluding hydrogens is 258 g/mol. The Bertz CT molecular complexity index is 391. The predicted molar refractivity (Wildman–Crippen MR) is 73.1 cm³/mol. The number of furan rings is 1. The van der Waals surface area contributed by atoms with Crippen molar-refractivity contribution in [3.8, 4) is 0 Å². The van der Waals surface area contributed by atoms with Crippen LogP contribution in [0.1, 0.15) is 11.5 Å². The van der Waals surface area contributed by atoms with Crippen LogP contribution >= 0.6 is 31.4 Å². The first-order valence-corrected chi connectivity index (χ1v) is 8.60. The van der Waals surface area contributed by atoms with E-state index in [1.165, 1.54) is 0 Å². The standard InChI is InChI=1S/C11H11NOS3/c1-2-6-12-10(4-1)8-14-16-15-9-11-5-3-7-13-11/h1-7H,8-9H2. The number of hydrogen-bond donors (Lipinski definition) is 0. The summed E-state index contributed by atoms with van der Waals surface area (Å²) in [7, 11) is 5.37. The van der Waals surface area contributed by atoms with E-state index in [0.717, 1.165) is 23.0 Å². The van der Waals surface area contributed by atoms with Crippen molar-refractivity contribution in [2.75, 3.05) is 0 Å². The monoisotopic (exact) mass is 269 g/mol. The highest BCUT2D eigenvalue weighted by Crippen LogP contribution is 2.38. The van der Waals surface area contributed by atoms with Crippen LogP contribution in [0.15, 0.2) is 47.2 Å². The minimum atomic E-state index is 0.910.